The number of likely N-dealkylation sites (tertiary alicyclic amines) is 1. The lowest BCUT2D eigenvalue weighted by atomic mass is 10.0. The molecule has 2 aromatic carbocycles. The maximum absolute atomic E-state index is 13.0. The predicted octanol–water partition coefficient (Wildman–Crippen LogP) is 5.31. The van der Waals surface area contributed by atoms with E-state index >= 15 is 0 Å². The van der Waals surface area contributed by atoms with E-state index in [1.54, 1.807) is 20.4 Å². The van der Waals surface area contributed by atoms with Crippen molar-refractivity contribution in [1.82, 2.24) is 9.88 Å². The minimum absolute atomic E-state index is 0.00315. The molecular weight excluding hydrogens is 416 g/mol. The van der Waals surface area contributed by atoms with Gasteiger partial charge in [-0.2, -0.15) is 0 Å². The Kier molecular flexibility index (Phi) is 6.47. The summed E-state index contributed by atoms with van der Waals surface area (Å²) in [6, 6.07) is 13.2. The van der Waals surface area contributed by atoms with Crippen molar-refractivity contribution in [3.05, 3.63) is 65.1 Å². The molecule has 7 heteroatoms. The lowest BCUT2D eigenvalue weighted by Gasteiger charge is -2.26. The van der Waals surface area contributed by atoms with Crippen LogP contribution in [0, 0.1) is 0 Å². The van der Waals surface area contributed by atoms with Crippen LogP contribution in [0.5, 0.6) is 11.5 Å². The highest BCUT2D eigenvalue weighted by Crippen LogP contribution is 2.39. The van der Waals surface area contributed by atoms with Crippen LogP contribution in [-0.2, 0) is 11.2 Å². The van der Waals surface area contributed by atoms with Crippen molar-refractivity contribution >= 4 is 17.5 Å². The number of amides is 1. The van der Waals surface area contributed by atoms with E-state index in [1.165, 1.54) is 0 Å². The number of hydrogen-bond donors (Lipinski definition) is 0. The third-order valence-electron chi connectivity index (χ3n) is 5.62. The monoisotopic (exact) mass is 440 g/mol. The second-order valence-corrected chi connectivity index (χ2v) is 7.86. The minimum Gasteiger partial charge on any atom is -0.497 e. The summed E-state index contributed by atoms with van der Waals surface area (Å²) < 4.78 is 16.7. The van der Waals surface area contributed by atoms with Crippen molar-refractivity contribution in [1.29, 1.82) is 0 Å². The maximum Gasteiger partial charge on any atom is 0.223 e. The van der Waals surface area contributed by atoms with Gasteiger partial charge in [-0.15, -0.1) is 0 Å². The summed E-state index contributed by atoms with van der Waals surface area (Å²) in [5, 5.41) is 0.606. The standard InChI is InChI=1S/C24H25ClN2O4/c1-29-16-9-10-18(21(14-16)30-2)20-8-5-13-27(20)24(28)12-11-23-26-15-22(31-23)17-6-3-4-7-19(17)25/h3-4,6-7,9-10,14-15,20H,5,8,11-13H2,1-2H3/t20-/m0/s1. The zero-order valence-electron chi connectivity index (χ0n) is 17.6. The van der Waals surface area contributed by atoms with E-state index < -0.39 is 0 Å². The Morgan fingerprint density at radius 2 is 2.06 bits per heavy atom. The van der Waals surface area contributed by atoms with Crippen LogP contribution >= 0.6 is 11.6 Å². The highest BCUT2D eigenvalue weighted by atomic mass is 35.5. The quantitative estimate of drug-likeness (QED) is 0.498. The summed E-state index contributed by atoms with van der Waals surface area (Å²) in [4.78, 5) is 19.3. The molecule has 31 heavy (non-hydrogen) atoms. The number of halogens is 1. The van der Waals surface area contributed by atoms with Crippen molar-refractivity contribution in [2.75, 3.05) is 20.8 Å². The second kappa shape index (κ2) is 9.43. The molecule has 0 unspecified atom stereocenters. The van der Waals surface area contributed by atoms with Crippen molar-refractivity contribution in [2.24, 2.45) is 0 Å². The molecule has 0 bridgehead atoms. The summed E-state index contributed by atoms with van der Waals surface area (Å²) in [6.07, 6.45) is 4.29. The lowest BCUT2D eigenvalue weighted by molar-refractivity contribution is -0.132. The van der Waals surface area contributed by atoms with Crippen LogP contribution in [0.2, 0.25) is 5.02 Å². The molecule has 6 nitrogen and oxygen atoms in total. The summed E-state index contributed by atoms with van der Waals surface area (Å²) in [7, 11) is 3.26. The largest absolute Gasteiger partial charge is 0.497 e. The Bertz CT molecular complexity index is 1070. The number of carbonyl (C=O) groups is 1. The smallest absolute Gasteiger partial charge is 0.223 e. The number of aromatic nitrogens is 1. The van der Waals surface area contributed by atoms with Crippen LogP contribution < -0.4 is 9.47 Å². The number of carbonyl (C=O) groups excluding carboxylic acids is 1. The van der Waals surface area contributed by atoms with Gasteiger partial charge in [-0.3, -0.25) is 4.79 Å². The van der Waals surface area contributed by atoms with E-state index in [0.29, 0.717) is 29.5 Å². The number of aryl methyl sites for hydroxylation is 1. The molecule has 3 aromatic rings. The van der Waals surface area contributed by atoms with E-state index in [-0.39, 0.29) is 11.9 Å². The Morgan fingerprint density at radius 1 is 1.23 bits per heavy atom. The van der Waals surface area contributed by atoms with Gasteiger partial charge in [0.25, 0.3) is 0 Å². The fourth-order valence-electron chi connectivity index (χ4n) is 4.05. The molecule has 1 saturated heterocycles. The number of ether oxygens (including phenoxy) is 2. The van der Waals surface area contributed by atoms with Gasteiger partial charge in [0.15, 0.2) is 11.7 Å². The van der Waals surface area contributed by atoms with Crippen LogP contribution in [-0.4, -0.2) is 36.6 Å². The molecule has 0 radical (unpaired) electrons. The highest BCUT2D eigenvalue weighted by Gasteiger charge is 2.32. The molecule has 1 amide bonds. The molecule has 162 valence electrons. The third-order valence-corrected chi connectivity index (χ3v) is 5.95. The molecule has 1 fully saturated rings. The van der Waals surface area contributed by atoms with Gasteiger partial charge in [-0.05, 0) is 37.1 Å². The molecule has 2 heterocycles. The van der Waals surface area contributed by atoms with Gasteiger partial charge in [0.2, 0.25) is 5.91 Å². The number of benzene rings is 2. The topological polar surface area (TPSA) is 64.8 Å². The predicted molar refractivity (Wildman–Crippen MR) is 119 cm³/mol. The van der Waals surface area contributed by atoms with Crippen LogP contribution in [0.15, 0.2) is 53.1 Å². The number of nitrogens with zero attached hydrogens (tertiary/aromatic N) is 2. The molecule has 0 spiro atoms. The molecule has 0 N–H and O–H groups in total. The molecule has 1 atom stereocenters. The Morgan fingerprint density at radius 3 is 2.84 bits per heavy atom. The van der Waals surface area contributed by atoms with Gasteiger partial charge in [0.05, 0.1) is 31.5 Å². The van der Waals surface area contributed by atoms with Gasteiger partial charge in [-0.25, -0.2) is 4.98 Å². The summed E-state index contributed by atoms with van der Waals surface area (Å²) in [5.41, 5.74) is 1.80. The van der Waals surface area contributed by atoms with E-state index in [9.17, 15) is 4.79 Å². The molecule has 1 aliphatic heterocycles. The van der Waals surface area contributed by atoms with Gasteiger partial charge >= 0.3 is 0 Å². The molecule has 1 aliphatic rings. The molecule has 4 rings (SSSR count). The van der Waals surface area contributed by atoms with Crippen LogP contribution in [0.3, 0.4) is 0 Å². The first-order valence-corrected chi connectivity index (χ1v) is 10.7. The Labute approximate surface area is 186 Å². The number of oxazole rings is 1. The van der Waals surface area contributed by atoms with Crippen molar-refractivity contribution in [2.45, 2.75) is 31.7 Å². The van der Waals surface area contributed by atoms with Gasteiger partial charge in [-0.1, -0.05) is 23.7 Å². The van der Waals surface area contributed by atoms with E-state index in [4.69, 9.17) is 25.5 Å². The van der Waals surface area contributed by atoms with Crippen LogP contribution in [0.4, 0.5) is 0 Å². The first kappa shape index (κ1) is 21.2. The minimum atomic E-state index is -0.00315. The van der Waals surface area contributed by atoms with E-state index in [2.05, 4.69) is 4.98 Å². The van der Waals surface area contributed by atoms with E-state index in [0.717, 1.165) is 42.0 Å². The summed E-state index contributed by atoms with van der Waals surface area (Å²) >= 11 is 6.23. The Hall–Kier alpha value is -2.99. The average Bonchev–Trinajstić information content (AvgIpc) is 3.47. The van der Waals surface area contributed by atoms with Crippen molar-refractivity contribution in [3.8, 4) is 22.8 Å². The fourth-order valence-corrected chi connectivity index (χ4v) is 4.28. The normalized spacial score (nSPS) is 15.8. The fraction of sp³-hybridized carbons (Fsp3) is 0.333. The van der Waals surface area contributed by atoms with Crippen molar-refractivity contribution < 1.29 is 18.7 Å². The lowest BCUT2D eigenvalue weighted by Crippen LogP contribution is -2.31. The van der Waals surface area contributed by atoms with Gasteiger partial charge in [0, 0.05) is 36.6 Å². The summed E-state index contributed by atoms with van der Waals surface area (Å²) in [5.74, 6) is 2.69. The van der Waals surface area contributed by atoms with E-state index in [1.807, 2.05) is 47.4 Å². The SMILES string of the molecule is COc1ccc([C@@H]2CCCN2C(=O)CCc2ncc(-c3ccccc3Cl)o2)c(OC)c1. The first-order chi connectivity index (χ1) is 15.1. The maximum atomic E-state index is 13.0. The Balaban J connectivity index is 1.44. The van der Waals surface area contributed by atoms with Crippen molar-refractivity contribution in [3.63, 3.8) is 0 Å². The summed E-state index contributed by atoms with van der Waals surface area (Å²) in [6.45, 7) is 0.731. The number of rotatable bonds is 7. The van der Waals surface area contributed by atoms with Crippen LogP contribution in [0.1, 0.15) is 36.8 Å². The van der Waals surface area contributed by atoms with Gasteiger partial charge < -0.3 is 18.8 Å². The van der Waals surface area contributed by atoms with Gasteiger partial charge in [0.1, 0.15) is 11.5 Å². The average molecular weight is 441 g/mol. The highest BCUT2D eigenvalue weighted by molar-refractivity contribution is 6.33. The zero-order valence-corrected chi connectivity index (χ0v) is 18.4. The number of methoxy groups -OCH3 is 2. The first-order valence-electron chi connectivity index (χ1n) is 10.3. The molecule has 0 saturated carbocycles. The second-order valence-electron chi connectivity index (χ2n) is 7.45. The molecule has 0 aliphatic carbocycles. The zero-order chi connectivity index (χ0) is 21.8. The molecule has 1 aromatic heterocycles. The van der Waals surface area contributed by atoms with Crippen LogP contribution in [0.25, 0.3) is 11.3 Å². The number of hydrogen-bond acceptors (Lipinski definition) is 5. The third kappa shape index (κ3) is 4.54. The molecular formula is C24H25ClN2O4.